The van der Waals surface area contributed by atoms with Crippen molar-refractivity contribution in [1.82, 2.24) is 4.31 Å². The Morgan fingerprint density at radius 3 is 2.84 bits per heavy atom. The minimum absolute atomic E-state index is 0.0220. The molecule has 1 heterocycles. The summed E-state index contributed by atoms with van der Waals surface area (Å²) in [5.74, 6) is 0.0220. The number of nitrogens with two attached hydrogens (primary N) is 1. The van der Waals surface area contributed by atoms with Gasteiger partial charge in [0.05, 0.1) is 5.69 Å². The molecule has 106 valence electrons. The van der Waals surface area contributed by atoms with Gasteiger partial charge in [-0.1, -0.05) is 12.1 Å². The first kappa shape index (κ1) is 14.3. The normalized spacial score (nSPS) is 21.5. The Morgan fingerprint density at radius 1 is 1.47 bits per heavy atom. The van der Waals surface area contributed by atoms with Gasteiger partial charge in [-0.05, 0) is 37.3 Å². The van der Waals surface area contributed by atoms with Crippen molar-refractivity contribution in [2.75, 3.05) is 25.4 Å². The molecule has 0 spiro atoms. The van der Waals surface area contributed by atoms with Crippen molar-refractivity contribution < 1.29 is 13.5 Å². The SMILES string of the molecule is Cc1cccc(N)c1S(=O)(=O)N1CCCC(CO)C1. The lowest BCUT2D eigenvalue weighted by atomic mass is 10.0. The van der Waals surface area contributed by atoms with E-state index in [1.54, 1.807) is 25.1 Å². The fraction of sp³-hybridized carbons (Fsp3) is 0.538. The molecule has 1 unspecified atom stereocenters. The van der Waals surface area contributed by atoms with Gasteiger partial charge in [0.15, 0.2) is 0 Å². The number of hydrogen-bond donors (Lipinski definition) is 2. The van der Waals surface area contributed by atoms with Crippen molar-refractivity contribution in [1.29, 1.82) is 0 Å². The number of aliphatic hydroxyl groups excluding tert-OH is 1. The molecule has 0 aromatic heterocycles. The van der Waals surface area contributed by atoms with Crippen LogP contribution >= 0.6 is 0 Å². The number of nitrogens with zero attached hydrogens (tertiary/aromatic N) is 1. The molecule has 1 saturated heterocycles. The van der Waals surface area contributed by atoms with Crippen LogP contribution in [-0.2, 0) is 10.0 Å². The number of sulfonamides is 1. The van der Waals surface area contributed by atoms with Crippen LogP contribution in [0.4, 0.5) is 5.69 Å². The van der Waals surface area contributed by atoms with Gasteiger partial charge in [-0.15, -0.1) is 0 Å². The van der Waals surface area contributed by atoms with E-state index >= 15 is 0 Å². The van der Waals surface area contributed by atoms with Crippen LogP contribution in [0, 0.1) is 12.8 Å². The molecular weight excluding hydrogens is 264 g/mol. The minimum Gasteiger partial charge on any atom is -0.398 e. The van der Waals surface area contributed by atoms with E-state index in [4.69, 9.17) is 5.73 Å². The zero-order valence-corrected chi connectivity index (χ0v) is 11.9. The average Bonchev–Trinajstić information content (AvgIpc) is 2.38. The maximum Gasteiger partial charge on any atom is 0.245 e. The van der Waals surface area contributed by atoms with E-state index in [0.29, 0.717) is 18.7 Å². The smallest absolute Gasteiger partial charge is 0.245 e. The van der Waals surface area contributed by atoms with E-state index < -0.39 is 10.0 Å². The summed E-state index contributed by atoms with van der Waals surface area (Å²) >= 11 is 0. The molecule has 0 radical (unpaired) electrons. The Kier molecular flexibility index (Phi) is 4.13. The highest BCUT2D eigenvalue weighted by Gasteiger charge is 2.32. The second-order valence-electron chi connectivity index (χ2n) is 5.05. The molecular formula is C13H20N2O3S. The number of rotatable bonds is 3. The molecule has 0 saturated carbocycles. The van der Waals surface area contributed by atoms with Gasteiger partial charge < -0.3 is 10.8 Å². The largest absolute Gasteiger partial charge is 0.398 e. The number of benzene rings is 1. The predicted octanol–water partition coefficient (Wildman–Crippen LogP) is 0.970. The fourth-order valence-corrected chi connectivity index (χ4v) is 4.43. The molecule has 6 heteroatoms. The van der Waals surface area contributed by atoms with E-state index in [2.05, 4.69) is 0 Å². The third kappa shape index (κ3) is 2.75. The Morgan fingerprint density at radius 2 is 2.21 bits per heavy atom. The quantitative estimate of drug-likeness (QED) is 0.810. The van der Waals surface area contributed by atoms with Crippen molar-refractivity contribution >= 4 is 15.7 Å². The summed E-state index contributed by atoms with van der Waals surface area (Å²) in [6.07, 6.45) is 1.64. The first-order valence-corrected chi connectivity index (χ1v) is 7.87. The molecule has 1 aliphatic heterocycles. The Hall–Kier alpha value is -1.11. The van der Waals surface area contributed by atoms with Crippen molar-refractivity contribution in [2.24, 2.45) is 5.92 Å². The number of piperidine rings is 1. The number of hydrogen-bond acceptors (Lipinski definition) is 4. The summed E-state index contributed by atoms with van der Waals surface area (Å²) in [6.45, 7) is 2.63. The zero-order valence-electron chi connectivity index (χ0n) is 11.0. The highest BCUT2D eigenvalue weighted by molar-refractivity contribution is 7.89. The number of aliphatic hydroxyl groups is 1. The minimum atomic E-state index is -3.57. The van der Waals surface area contributed by atoms with E-state index in [1.807, 2.05) is 0 Å². The lowest BCUT2D eigenvalue weighted by molar-refractivity contribution is 0.165. The maximum atomic E-state index is 12.7. The number of nitrogen functional groups attached to an aromatic ring is 1. The van der Waals surface area contributed by atoms with Gasteiger partial charge in [0.25, 0.3) is 0 Å². The zero-order chi connectivity index (χ0) is 14.0. The first-order valence-electron chi connectivity index (χ1n) is 6.43. The fourth-order valence-electron chi connectivity index (χ4n) is 2.55. The second-order valence-corrected chi connectivity index (χ2v) is 6.92. The highest BCUT2D eigenvalue weighted by Crippen LogP contribution is 2.29. The molecule has 1 fully saturated rings. The van der Waals surface area contributed by atoms with E-state index in [1.165, 1.54) is 4.31 Å². The molecule has 1 aromatic rings. The van der Waals surface area contributed by atoms with E-state index in [9.17, 15) is 13.5 Å². The maximum absolute atomic E-state index is 12.7. The number of anilines is 1. The molecule has 1 aromatic carbocycles. The van der Waals surface area contributed by atoms with Gasteiger partial charge in [0.2, 0.25) is 10.0 Å². The van der Waals surface area contributed by atoms with Crippen LogP contribution in [0.5, 0.6) is 0 Å². The molecule has 0 aliphatic carbocycles. The first-order chi connectivity index (χ1) is 8.96. The highest BCUT2D eigenvalue weighted by atomic mass is 32.2. The lowest BCUT2D eigenvalue weighted by Gasteiger charge is -2.31. The third-order valence-corrected chi connectivity index (χ3v) is 5.67. The van der Waals surface area contributed by atoms with Gasteiger partial charge in [-0.3, -0.25) is 0 Å². The predicted molar refractivity (Wildman–Crippen MR) is 74.2 cm³/mol. The molecule has 2 rings (SSSR count). The summed E-state index contributed by atoms with van der Waals surface area (Å²) in [6, 6.07) is 5.10. The summed E-state index contributed by atoms with van der Waals surface area (Å²) in [5.41, 5.74) is 6.77. The van der Waals surface area contributed by atoms with Crippen molar-refractivity contribution in [3.8, 4) is 0 Å². The van der Waals surface area contributed by atoms with E-state index in [-0.39, 0.29) is 23.1 Å². The standard InChI is InChI=1S/C13H20N2O3S/c1-10-4-2-6-12(14)13(10)19(17,18)15-7-3-5-11(8-15)9-16/h2,4,6,11,16H,3,5,7-9,14H2,1H3. The molecule has 5 nitrogen and oxygen atoms in total. The molecule has 1 aliphatic rings. The summed E-state index contributed by atoms with van der Waals surface area (Å²) in [4.78, 5) is 0.202. The molecule has 19 heavy (non-hydrogen) atoms. The monoisotopic (exact) mass is 284 g/mol. The molecule has 0 bridgehead atoms. The van der Waals surface area contributed by atoms with Crippen molar-refractivity contribution in [3.63, 3.8) is 0 Å². The van der Waals surface area contributed by atoms with Crippen LogP contribution in [0.25, 0.3) is 0 Å². The Balaban J connectivity index is 2.37. The summed E-state index contributed by atoms with van der Waals surface area (Å²) < 4.78 is 26.7. The topological polar surface area (TPSA) is 83.6 Å². The average molecular weight is 284 g/mol. The van der Waals surface area contributed by atoms with Gasteiger partial charge >= 0.3 is 0 Å². The van der Waals surface area contributed by atoms with Crippen molar-refractivity contribution in [3.05, 3.63) is 23.8 Å². The van der Waals surface area contributed by atoms with Crippen LogP contribution in [0.15, 0.2) is 23.1 Å². The van der Waals surface area contributed by atoms with Crippen LogP contribution in [0.2, 0.25) is 0 Å². The van der Waals surface area contributed by atoms with E-state index in [0.717, 1.165) is 12.8 Å². The van der Waals surface area contributed by atoms with Crippen LogP contribution in [0.3, 0.4) is 0 Å². The Bertz CT molecular complexity index is 537. The van der Waals surface area contributed by atoms with Crippen molar-refractivity contribution in [2.45, 2.75) is 24.7 Å². The molecule has 1 atom stereocenters. The van der Waals surface area contributed by atoms with Gasteiger partial charge in [0.1, 0.15) is 4.90 Å². The van der Waals surface area contributed by atoms with Crippen LogP contribution in [-0.4, -0.2) is 37.5 Å². The molecule has 0 amide bonds. The molecule has 3 N–H and O–H groups in total. The van der Waals surface area contributed by atoms with Crippen LogP contribution < -0.4 is 5.73 Å². The summed E-state index contributed by atoms with van der Waals surface area (Å²) in [5, 5.41) is 9.21. The second kappa shape index (κ2) is 5.48. The Labute approximate surface area is 114 Å². The number of aryl methyl sites for hydroxylation is 1. The summed E-state index contributed by atoms with van der Waals surface area (Å²) in [7, 11) is -3.57. The van der Waals surface area contributed by atoms with Crippen LogP contribution in [0.1, 0.15) is 18.4 Å². The van der Waals surface area contributed by atoms with Gasteiger partial charge in [-0.2, -0.15) is 4.31 Å². The lowest BCUT2D eigenvalue weighted by Crippen LogP contribution is -2.41. The van der Waals surface area contributed by atoms with Gasteiger partial charge in [-0.25, -0.2) is 8.42 Å². The van der Waals surface area contributed by atoms with Gasteiger partial charge in [0, 0.05) is 19.7 Å². The third-order valence-electron chi connectivity index (χ3n) is 3.58.